The first-order valence-corrected chi connectivity index (χ1v) is 9.57. The summed E-state index contributed by atoms with van der Waals surface area (Å²) in [5.74, 6) is 0.852. The highest BCUT2D eigenvalue weighted by atomic mass is 32.2. The van der Waals surface area contributed by atoms with E-state index in [1.807, 2.05) is 18.2 Å². The third kappa shape index (κ3) is 5.72. The van der Waals surface area contributed by atoms with Crippen LogP contribution in [0.3, 0.4) is 0 Å². The smallest absolute Gasteiger partial charge is 0.216 e. The van der Waals surface area contributed by atoms with Gasteiger partial charge in [0.05, 0.1) is 4.75 Å². The van der Waals surface area contributed by atoms with E-state index in [-0.39, 0.29) is 9.86 Å². The zero-order chi connectivity index (χ0) is 16.5. The van der Waals surface area contributed by atoms with E-state index in [1.54, 1.807) is 6.08 Å². The standard InChI is InChI=1S/C20H28O2S/c1-3-4-5-6-7-11-14-20(2)18(15-19(21)23-20)22-16-17-12-9-8-10-13-17/h8-10,12-13,15H,3-7,11,14,16H2,1-2H3/t20-/m1/s1. The lowest BCUT2D eigenvalue weighted by molar-refractivity contribution is -0.107. The van der Waals surface area contributed by atoms with Crippen LogP contribution in [0.4, 0.5) is 0 Å². The van der Waals surface area contributed by atoms with Crippen molar-refractivity contribution >= 4 is 16.9 Å². The molecule has 0 amide bonds. The lowest BCUT2D eigenvalue weighted by Crippen LogP contribution is -2.22. The molecule has 1 aromatic carbocycles. The number of carbonyl (C=O) groups excluding carboxylic acids is 1. The Labute approximate surface area is 144 Å². The van der Waals surface area contributed by atoms with Crippen LogP contribution >= 0.6 is 11.8 Å². The first kappa shape index (κ1) is 18.1. The summed E-state index contributed by atoms with van der Waals surface area (Å²) in [6, 6.07) is 10.1. The SMILES string of the molecule is CCCCCCCC[C@@]1(C)SC(=O)C=C1OCc1ccccc1. The number of hydrogen-bond acceptors (Lipinski definition) is 3. The van der Waals surface area contributed by atoms with Crippen molar-refractivity contribution in [2.24, 2.45) is 0 Å². The molecule has 0 N–H and O–H groups in total. The summed E-state index contributed by atoms with van der Waals surface area (Å²) in [5, 5.41) is 0.126. The van der Waals surface area contributed by atoms with Gasteiger partial charge in [-0.05, 0) is 18.9 Å². The zero-order valence-corrected chi connectivity index (χ0v) is 15.2. The Morgan fingerprint density at radius 2 is 1.74 bits per heavy atom. The van der Waals surface area contributed by atoms with Gasteiger partial charge in [0.25, 0.3) is 0 Å². The van der Waals surface area contributed by atoms with Crippen molar-refractivity contribution in [2.45, 2.75) is 70.1 Å². The molecule has 0 aromatic heterocycles. The topological polar surface area (TPSA) is 26.3 Å². The van der Waals surface area contributed by atoms with Gasteiger partial charge in [0.2, 0.25) is 5.12 Å². The van der Waals surface area contributed by atoms with Gasteiger partial charge in [0.1, 0.15) is 12.4 Å². The van der Waals surface area contributed by atoms with Crippen molar-refractivity contribution in [3.63, 3.8) is 0 Å². The second kappa shape index (κ2) is 9.17. The average Bonchev–Trinajstić information content (AvgIpc) is 2.84. The van der Waals surface area contributed by atoms with Crippen LogP contribution in [0.5, 0.6) is 0 Å². The van der Waals surface area contributed by atoms with E-state index in [0.717, 1.165) is 24.2 Å². The molecule has 1 heterocycles. The minimum absolute atomic E-state index is 0.126. The Morgan fingerprint density at radius 3 is 2.48 bits per heavy atom. The number of benzene rings is 1. The fraction of sp³-hybridized carbons (Fsp3) is 0.550. The maximum atomic E-state index is 11.9. The third-order valence-electron chi connectivity index (χ3n) is 4.34. The molecule has 3 heteroatoms. The van der Waals surface area contributed by atoms with Crippen LogP contribution in [0.25, 0.3) is 0 Å². The van der Waals surface area contributed by atoms with Crippen molar-refractivity contribution in [1.29, 1.82) is 0 Å². The van der Waals surface area contributed by atoms with Gasteiger partial charge in [0.15, 0.2) is 0 Å². The zero-order valence-electron chi connectivity index (χ0n) is 14.3. The average molecular weight is 333 g/mol. The highest BCUT2D eigenvalue weighted by Crippen LogP contribution is 2.44. The molecule has 2 rings (SSSR count). The molecule has 0 saturated carbocycles. The third-order valence-corrected chi connectivity index (χ3v) is 5.52. The van der Waals surface area contributed by atoms with Crippen molar-refractivity contribution in [2.75, 3.05) is 0 Å². The maximum Gasteiger partial charge on any atom is 0.216 e. The molecule has 1 aliphatic heterocycles. The van der Waals surface area contributed by atoms with Crippen molar-refractivity contribution < 1.29 is 9.53 Å². The molecular weight excluding hydrogens is 304 g/mol. The van der Waals surface area contributed by atoms with Gasteiger partial charge in [-0.25, -0.2) is 0 Å². The summed E-state index contributed by atoms with van der Waals surface area (Å²) in [4.78, 5) is 11.9. The van der Waals surface area contributed by atoms with Crippen LogP contribution < -0.4 is 0 Å². The molecular formula is C20H28O2S. The molecule has 0 radical (unpaired) electrons. The highest BCUT2D eigenvalue weighted by molar-refractivity contribution is 8.15. The van der Waals surface area contributed by atoms with Gasteiger partial charge in [0, 0.05) is 6.08 Å². The number of ether oxygens (including phenoxy) is 1. The van der Waals surface area contributed by atoms with Gasteiger partial charge >= 0.3 is 0 Å². The summed E-state index contributed by atoms with van der Waals surface area (Å²) in [6.45, 7) is 4.92. The highest BCUT2D eigenvalue weighted by Gasteiger charge is 2.39. The summed E-state index contributed by atoms with van der Waals surface area (Å²) in [6.07, 6.45) is 10.3. The second-order valence-corrected chi connectivity index (χ2v) is 7.96. The molecule has 2 nitrogen and oxygen atoms in total. The first-order valence-electron chi connectivity index (χ1n) is 8.76. The van der Waals surface area contributed by atoms with E-state index in [1.165, 1.54) is 43.9 Å². The Morgan fingerprint density at radius 1 is 1.04 bits per heavy atom. The first-order chi connectivity index (χ1) is 11.1. The Hall–Kier alpha value is -1.22. The molecule has 0 bridgehead atoms. The van der Waals surface area contributed by atoms with Crippen LogP contribution in [0.15, 0.2) is 42.2 Å². The minimum Gasteiger partial charge on any atom is -0.492 e. The molecule has 0 spiro atoms. The van der Waals surface area contributed by atoms with Gasteiger partial charge in [-0.2, -0.15) is 0 Å². The number of hydrogen-bond donors (Lipinski definition) is 0. The molecule has 1 atom stereocenters. The lowest BCUT2D eigenvalue weighted by atomic mass is 9.99. The van der Waals surface area contributed by atoms with Crippen molar-refractivity contribution in [1.82, 2.24) is 0 Å². The fourth-order valence-corrected chi connectivity index (χ4v) is 3.98. The Kier molecular flexibility index (Phi) is 7.22. The molecule has 0 saturated heterocycles. The lowest BCUT2D eigenvalue weighted by Gasteiger charge is -2.26. The van der Waals surface area contributed by atoms with Crippen LogP contribution in [-0.4, -0.2) is 9.86 Å². The van der Waals surface area contributed by atoms with Crippen molar-refractivity contribution in [3.05, 3.63) is 47.7 Å². The van der Waals surface area contributed by atoms with E-state index in [2.05, 4.69) is 26.0 Å². The molecule has 0 aliphatic carbocycles. The molecule has 1 aliphatic rings. The van der Waals surface area contributed by atoms with Crippen LogP contribution in [0, 0.1) is 0 Å². The van der Waals surface area contributed by atoms with Gasteiger partial charge in [-0.3, -0.25) is 4.79 Å². The van der Waals surface area contributed by atoms with Gasteiger partial charge in [-0.1, -0.05) is 87.5 Å². The molecule has 1 aromatic rings. The number of carbonyl (C=O) groups is 1. The number of unbranched alkanes of at least 4 members (excludes halogenated alkanes) is 5. The monoisotopic (exact) mass is 332 g/mol. The summed E-state index contributed by atoms with van der Waals surface area (Å²) in [7, 11) is 0. The minimum atomic E-state index is -0.184. The van der Waals surface area contributed by atoms with Crippen LogP contribution in [-0.2, 0) is 16.1 Å². The Balaban J connectivity index is 1.82. The number of rotatable bonds is 10. The fourth-order valence-electron chi connectivity index (χ4n) is 2.91. The van der Waals surface area contributed by atoms with E-state index >= 15 is 0 Å². The largest absolute Gasteiger partial charge is 0.492 e. The predicted octanol–water partition coefficient (Wildman–Crippen LogP) is 5.87. The molecule has 23 heavy (non-hydrogen) atoms. The number of thioether (sulfide) groups is 1. The van der Waals surface area contributed by atoms with E-state index in [0.29, 0.717) is 6.61 Å². The maximum absolute atomic E-state index is 11.9. The molecule has 0 fully saturated rings. The van der Waals surface area contributed by atoms with Crippen LogP contribution in [0.2, 0.25) is 0 Å². The van der Waals surface area contributed by atoms with Gasteiger partial charge < -0.3 is 4.74 Å². The van der Waals surface area contributed by atoms with E-state index in [9.17, 15) is 4.79 Å². The summed E-state index contributed by atoms with van der Waals surface area (Å²) < 4.78 is 5.81. The molecule has 0 unspecified atom stereocenters. The molecule has 126 valence electrons. The summed E-state index contributed by atoms with van der Waals surface area (Å²) >= 11 is 1.42. The quantitative estimate of drug-likeness (QED) is 0.501. The van der Waals surface area contributed by atoms with Crippen LogP contribution in [0.1, 0.15) is 64.4 Å². The normalized spacial score (nSPS) is 20.6. The van der Waals surface area contributed by atoms with E-state index < -0.39 is 0 Å². The second-order valence-electron chi connectivity index (χ2n) is 6.45. The predicted molar refractivity (Wildman–Crippen MR) is 98.3 cm³/mol. The van der Waals surface area contributed by atoms with Crippen molar-refractivity contribution in [3.8, 4) is 0 Å². The Bertz CT molecular complexity index is 524. The summed E-state index contributed by atoms with van der Waals surface area (Å²) in [5.41, 5.74) is 1.14. The van der Waals surface area contributed by atoms with Gasteiger partial charge in [-0.15, -0.1) is 0 Å². The van der Waals surface area contributed by atoms with E-state index in [4.69, 9.17) is 4.74 Å².